The Balaban J connectivity index is 1.61. The zero-order valence-electron chi connectivity index (χ0n) is 18.5. The molecule has 33 heavy (non-hydrogen) atoms. The topological polar surface area (TPSA) is 67.1 Å². The summed E-state index contributed by atoms with van der Waals surface area (Å²) >= 11 is 0. The van der Waals surface area contributed by atoms with E-state index in [1.54, 1.807) is 6.92 Å². The second-order valence-electron chi connectivity index (χ2n) is 7.95. The minimum absolute atomic E-state index is 0.0592. The molecule has 0 unspecified atom stereocenters. The van der Waals surface area contributed by atoms with E-state index in [1.165, 1.54) is 21.9 Å². The van der Waals surface area contributed by atoms with Crippen LogP contribution in [0.1, 0.15) is 36.0 Å². The fraction of sp³-hybridized carbons (Fsp3) is 0.179. The first-order valence-electron chi connectivity index (χ1n) is 11.3. The number of H-pyrrole nitrogens is 2. The van der Waals surface area contributed by atoms with Gasteiger partial charge >= 0.3 is 5.97 Å². The van der Waals surface area contributed by atoms with E-state index in [1.807, 2.05) is 30.3 Å². The van der Waals surface area contributed by atoms with Gasteiger partial charge in [0.2, 0.25) is 0 Å². The molecule has 0 saturated heterocycles. The minimum Gasteiger partial charge on any atom is -0.493 e. The molecule has 2 N–H and O–H groups in total. The Bertz CT molecular complexity index is 1320. The zero-order valence-corrected chi connectivity index (χ0v) is 18.5. The van der Waals surface area contributed by atoms with Crippen LogP contribution in [0.3, 0.4) is 0 Å². The van der Waals surface area contributed by atoms with E-state index in [0.717, 1.165) is 22.3 Å². The molecule has 5 aromatic rings. The van der Waals surface area contributed by atoms with E-state index in [4.69, 9.17) is 9.47 Å². The predicted octanol–water partition coefficient (Wildman–Crippen LogP) is 6.16. The van der Waals surface area contributed by atoms with Crippen LogP contribution in [-0.2, 0) is 9.53 Å². The van der Waals surface area contributed by atoms with Crippen molar-refractivity contribution < 1.29 is 14.3 Å². The lowest BCUT2D eigenvalue weighted by Crippen LogP contribution is -2.11. The molecule has 0 saturated carbocycles. The molecule has 0 radical (unpaired) electrons. The van der Waals surface area contributed by atoms with Gasteiger partial charge in [0.25, 0.3) is 0 Å². The highest BCUT2D eigenvalue weighted by Gasteiger charge is 2.25. The molecular formula is C28H26N2O3. The highest BCUT2D eigenvalue weighted by atomic mass is 16.5. The van der Waals surface area contributed by atoms with Crippen molar-refractivity contribution in [2.24, 2.45) is 0 Å². The van der Waals surface area contributed by atoms with Gasteiger partial charge in [-0.05, 0) is 36.2 Å². The molecule has 5 nitrogen and oxygen atoms in total. The van der Waals surface area contributed by atoms with Crippen molar-refractivity contribution >= 4 is 27.8 Å². The van der Waals surface area contributed by atoms with E-state index in [0.29, 0.717) is 6.61 Å². The van der Waals surface area contributed by atoms with E-state index in [-0.39, 0.29) is 24.9 Å². The highest BCUT2D eigenvalue weighted by molar-refractivity contribution is 5.89. The molecule has 0 spiro atoms. The van der Waals surface area contributed by atoms with Crippen molar-refractivity contribution in [3.63, 3.8) is 0 Å². The number of rotatable bonds is 8. The summed E-state index contributed by atoms with van der Waals surface area (Å²) in [6.45, 7) is 2.45. The second-order valence-corrected chi connectivity index (χ2v) is 7.95. The number of hydrogen-bond acceptors (Lipinski definition) is 3. The van der Waals surface area contributed by atoms with Gasteiger partial charge in [-0.3, -0.25) is 4.79 Å². The number of carbonyl (C=O) groups excluding carboxylic acids is 1. The second kappa shape index (κ2) is 9.25. The molecule has 5 rings (SSSR count). The number of carbonyl (C=O) groups is 1. The predicted molar refractivity (Wildman–Crippen MR) is 131 cm³/mol. The summed E-state index contributed by atoms with van der Waals surface area (Å²) in [6, 6.07) is 24.7. The third-order valence-corrected chi connectivity index (χ3v) is 5.96. The van der Waals surface area contributed by atoms with Gasteiger partial charge in [-0.1, -0.05) is 54.6 Å². The number of fused-ring (bicyclic) bond motifs is 2. The van der Waals surface area contributed by atoms with Gasteiger partial charge < -0.3 is 19.4 Å². The van der Waals surface area contributed by atoms with Crippen molar-refractivity contribution in [3.05, 3.63) is 102 Å². The van der Waals surface area contributed by atoms with Crippen molar-refractivity contribution in [2.75, 3.05) is 13.2 Å². The Morgan fingerprint density at radius 1 is 0.788 bits per heavy atom. The van der Waals surface area contributed by atoms with Crippen LogP contribution >= 0.6 is 0 Å². The highest BCUT2D eigenvalue weighted by Crippen LogP contribution is 2.42. The van der Waals surface area contributed by atoms with Gasteiger partial charge in [-0.15, -0.1) is 0 Å². The number of esters is 1. The van der Waals surface area contributed by atoms with Crippen LogP contribution in [0, 0.1) is 0 Å². The fourth-order valence-electron chi connectivity index (χ4n) is 4.50. The summed E-state index contributed by atoms with van der Waals surface area (Å²) in [5, 5.41) is 2.35. The monoisotopic (exact) mass is 438 g/mol. The maximum atomic E-state index is 11.8. The first-order chi connectivity index (χ1) is 16.3. The summed E-state index contributed by atoms with van der Waals surface area (Å²) in [6.07, 6.45) is 4.39. The lowest BCUT2D eigenvalue weighted by atomic mass is 9.84. The number of benzene rings is 3. The van der Waals surface area contributed by atoms with Crippen molar-refractivity contribution in [1.29, 1.82) is 0 Å². The van der Waals surface area contributed by atoms with Crippen LogP contribution in [0.5, 0.6) is 5.75 Å². The number of hydrogen-bond donors (Lipinski definition) is 2. The smallest absolute Gasteiger partial charge is 0.309 e. The van der Waals surface area contributed by atoms with Crippen LogP contribution in [0.4, 0.5) is 0 Å². The first kappa shape index (κ1) is 20.9. The average Bonchev–Trinajstić information content (AvgIpc) is 3.46. The van der Waals surface area contributed by atoms with Gasteiger partial charge in [0.1, 0.15) is 5.75 Å². The number of aromatic nitrogens is 2. The molecule has 0 aliphatic heterocycles. The normalized spacial score (nSPS) is 11.3. The lowest BCUT2D eigenvalue weighted by Gasteiger charge is -2.21. The number of nitrogens with one attached hydrogen (secondary N) is 2. The summed E-state index contributed by atoms with van der Waals surface area (Å²) in [7, 11) is 0. The van der Waals surface area contributed by atoms with Crippen LogP contribution in [0.2, 0.25) is 0 Å². The molecule has 2 heterocycles. The molecular weight excluding hydrogens is 412 g/mol. The van der Waals surface area contributed by atoms with E-state index < -0.39 is 0 Å². The molecule has 0 amide bonds. The maximum Gasteiger partial charge on any atom is 0.309 e. The fourth-order valence-corrected chi connectivity index (χ4v) is 4.50. The molecule has 0 aliphatic rings. The molecule has 0 atom stereocenters. The van der Waals surface area contributed by atoms with Gasteiger partial charge in [0.15, 0.2) is 0 Å². The van der Waals surface area contributed by atoms with Gasteiger partial charge in [-0.2, -0.15) is 0 Å². The largest absolute Gasteiger partial charge is 0.493 e. The third kappa shape index (κ3) is 4.10. The van der Waals surface area contributed by atoms with Crippen molar-refractivity contribution in [1.82, 2.24) is 9.97 Å². The Labute approximate surface area is 192 Å². The Morgan fingerprint density at radius 3 is 2.00 bits per heavy atom. The van der Waals surface area contributed by atoms with Gasteiger partial charge in [0, 0.05) is 45.7 Å². The van der Waals surface area contributed by atoms with Crippen molar-refractivity contribution in [2.45, 2.75) is 19.3 Å². The Hall–Kier alpha value is -3.99. The minimum atomic E-state index is -0.250. The summed E-state index contributed by atoms with van der Waals surface area (Å²) in [5.41, 5.74) is 5.60. The summed E-state index contributed by atoms with van der Waals surface area (Å²) in [5.74, 6) is 0.457. The molecule has 166 valence electrons. The van der Waals surface area contributed by atoms with Gasteiger partial charge in [0.05, 0.1) is 19.6 Å². The van der Waals surface area contributed by atoms with Crippen molar-refractivity contribution in [3.8, 4) is 5.75 Å². The molecule has 0 aliphatic carbocycles. The molecule has 0 bridgehead atoms. The van der Waals surface area contributed by atoms with Crippen LogP contribution < -0.4 is 4.74 Å². The standard InChI is InChI=1S/C28H26N2O3/c1-2-32-27(31)15-16-33-26-14-8-5-11-21(26)28(22-17-29-24-12-6-3-9-19(22)24)23-18-30-25-13-7-4-10-20(23)25/h3-14,17-18,28-30H,2,15-16H2,1H3. The quantitative estimate of drug-likeness (QED) is 0.285. The molecule has 2 aromatic heterocycles. The van der Waals surface area contributed by atoms with Crippen LogP contribution in [-0.4, -0.2) is 29.2 Å². The van der Waals surface area contributed by atoms with Gasteiger partial charge in [-0.25, -0.2) is 0 Å². The average molecular weight is 439 g/mol. The third-order valence-electron chi connectivity index (χ3n) is 5.96. The maximum absolute atomic E-state index is 11.8. The SMILES string of the molecule is CCOC(=O)CCOc1ccccc1C(c1c[nH]c2ccccc12)c1c[nH]c2ccccc12. The van der Waals surface area contributed by atoms with E-state index in [2.05, 4.69) is 64.8 Å². The summed E-state index contributed by atoms with van der Waals surface area (Å²) < 4.78 is 11.2. The Morgan fingerprint density at radius 2 is 1.36 bits per heavy atom. The summed E-state index contributed by atoms with van der Waals surface area (Å²) in [4.78, 5) is 18.7. The first-order valence-corrected chi connectivity index (χ1v) is 11.3. The van der Waals surface area contributed by atoms with E-state index >= 15 is 0 Å². The molecule has 3 aromatic carbocycles. The van der Waals surface area contributed by atoms with E-state index in [9.17, 15) is 4.79 Å². The zero-order chi connectivity index (χ0) is 22.6. The molecule has 0 fully saturated rings. The number of ether oxygens (including phenoxy) is 2. The van der Waals surface area contributed by atoms with Crippen LogP contribution in [0.25, 0.3) is 21.8 Å². The molecule has 5 heteroatoms. The number of para-hydroxylation sites is 3. The van der Waals surface area contributed by atoms with Crippen LogP contribution in [0.15, 0.2) is 85.2 Å². The Kier molecular flexibility index (Phi) is 5.85. The number of aromatic amines is 2. The lowest BCUT2D eigenvalue weighted by molar-refractivity contribution is -0.143.